The molecule has 0 aliphatic carbocycles. The van der Waals surface area contributed by atoms with Crippen LogP contribution in [0.25, 0.3) is 0 Å². The van der Waals surface area contributed by atoms with Crippen LogP contribution in [0.4, 0.5) is 4.39 Å². The van der Waals surface area contributed by atoms with Gasteiger partial charge in [-0.15, -0.1) is 0 Å². The molecule has 9 heteroatoms. The first-order valence-corrected chi connectivity index (χ1v) is 9.60. The van der Waals surface area contributed by atoms with Gasteiger partial charge in [-0.25, -0.2) is 14.4 Å². The highest BCUT2D eigenvalue weighted by atomic mass is 19.1. The van der Waals surface area contributed by atoms with Gasteiger partial charge in [0.05, 0.1) is 0 Å². The molecule has 1 aliphatic rings. The number of nitrogens with zero attached hydrogens (tertiary/aromatic N) is 2. The molecular formula is C22H19FN4O4. The minimum absolute atomic E-state index is 0.0864. The number of amides is 2. The summed E-state index contributed by atoms with van der Waals surface area (Å²) in [5.41, 5.74) is 1.34. The van der Waals surface area contributed by atoms with Crippen molar-refractivity contribution in [3.8, 4) is 11.5 Å². The van der Waals surface area contributed by atoms with Crippen molar-refractivity contribution in [3.63, 3.8) is 0 Å². The number of hydrogen-bond donors (Lipinski definition) is 2. The van der Waals surface area contributed by atoms with Gasteiger partial charge in [0, 0.05) is 25.5 Å². The summed E-state index contributed by atoms with van der Waals surface area (Å²) in [6.45, 7) is 1.34. The van der Waals surface area contributed by atoms with E-state index in [1.54, 1.807) is 24.3 Å². The van der Waals surface area contributed by atoms with Crippen LogP contribution >= 0.6 is 0 Å². The quantitative estimate of drug-likeness (QED) is 0.632. The summed E-state index contributed by atoms with van der Waals surface area (Å²) >= 11 is 0. The first-order chi connectivity index (χ1) is 15.1. The average Bonchev–Trinajstić information content (AvgIpc) is 2.82. The monoisotopic (exact) mass is 422 g/mol. The number of carbonyl (C=O) groups excluding carboxylic acids is 2. The fourth-order valence-electron chi connectivity index (χ4n) is 3.00. The van der Waals surface area contributed by atoms with Gasteiger partial charge < -0.3 is 20.1 Å². The van der Waals surface area contributed by atoms with E-state index in [0.717, 1.165) is 5.56 Å². The van der Waals surface area contributed by atoms with Crippen LogP contribution in [-0.4, -0.2) is 35.0 Å². The smallest absolute Gasteiger partial charge is 0.272 e. The Balaban J connectivity index is 1.40. The Morgan fingerprint density at radius 2 is 1.35 bits per heavy atom. The zero-order chi connectivity index (χ0) is 21.6. The Kier molecular flexibility index (Phi) is 6.02. The molecule has 0 atom stereocenters. The van der Waals surface area contributed by atoms with Crippen LogP contribution in [0.2, 0.25) is 0 Å². The van der Waals surface area contributed by atoms with Crippen molar-refractivity contribution in [2.75, 3.05) is 13.2 Å². The summed E-state index contributed by atoms with van der Waals surface area (Å²) in [6, 6.07) is 11.1. The van der Waals surface area contributed by atoms with E-state index in [1.807, 2.05) is 6.07 Å². The molecule has 0 unspecified atom stereocenters. The van der Waals surface area contributed by atoms with Crippen LogP contribution in [0, 0.1) is 5.82 Å². The molecule has 31 heavy (non-hydrogen) atoms. The predicted octanol–water partition coefficient (Wildman–Crippen LogP) is 2.25. The third-order valence-corrected chi connectivity index (χ3v) is 4.55. The van der Waals surface area contributed by atoms with Crippen molar-refractivity contribution in [2.45, 2.75) is 13.1 Å². The largest absolute Gasteiger partial charge is 0.486 e. The van der Waals surface area contributed by atoms with E-state index in [0.29, 0.717) is 30.3 Å². The molecule has 158 valence electrons. The molecule has 8 nitrogen and oxygen atoms in total. The molecule has 2 heterocycles. The first kappa shape index (κ1) is 20.3. The summed E-state index contributed by atoms with van der Waals surface area (Å²) in [5.74, 6) is -0.161. The highest BCUT2D eigenvalue weighted by molar-refractivity contribution is 6.04. The summed E-state index contributed by atoms with van der Waals surface area (Å²) < 4.78 is 24.0. The lowest BCUT2D eigenvalue weighted by Crippen LogP contribution is -2.31. The molecule has 0 bridgehead atoms. The van der Waals surface area contributed by atoms with E-state index >= 15 is 0 Å². The maximum atomic E-state index is 13.0. The molecule has 4 rings (SSSR count). The Morgan fingerprint density at radius 3 is 2.00 bits per heavy atom. The van der Waals surface area contributed by atoms with Crippen molar-refractivity contribution in [3.05, 3.63) is 83.2 Å². The SMILES string of the molecule is O=C(NCc1ccc(F)cc1)c1nccnc1C(=O)NCc1ccc2c(c1)OCCO2. The second kappa shape index (κ2) is 9.21. The predicted molar refractivity (Wildman–Crippen MR) is 108 cm³/mol. The molecule has 1 aromatic heterocycles. The second-order valence-electron chi connectivity index (χ2n) is 6.72. The van der Waals surface area contributed by atoms with Gasteiger partial charge in [-0.2, -0.15) is 0 Å². The van der Waals surface area contributed by atoms with Gasteiger partial charge in [0.2, 0.25) is 0 Å². The summed E-state index contributed by atoms with van der Waals surface area (Å²) in [5, 5.41) is 5.40. The van der Waals surface area contributed by atoms with Gasteiger partial charge in [0.25, 0.3) is 11.8 Å². The maximum absolute atomic E-state index is 13.0. The van der Waals surface area contributed by atoms with Crippen molar-refractivity contribution < 1.29 is 23.5 Å². The van der Waals surface area contributed by atoms with Crippen LogP contribution in [0.5, 0.6) is 11.5 Å². The molecule has 0 saturated carbocycles. The zero-order valence-electron chi connectivity index (χ0n) is 16.4. The fraction of sp³-hybridized carbons (Fsp3) is 0.182. The van der Waals surface area contributed by atoms with E-state index in [4.69, 9.17) is 9.47 Å². The Labute approximate surface area is 177 Å². The maximum Gasteiger partial charge on any atom is 0.272 e. The van der Waals surface area contributed by atoms with E-state index in [1.165, 1.54) is 24.5 Å². The van der Waals surface area contributed by atoms with E-state index in [9.17, 15) is 14.0 Å². The number of ether oxygens (including phenoxy) is 2. The number of hydrogen-bond acceptors (Lipinski definition) is 6. The molecular weight excluding hydrogens is 403 g/mol. The standard InChI is InChI=1S/C22H19FN4O4/c23-16-4-1-14(2-5-16)12-26-21(28)19-20(25-8-7-24-19)22(29)27-13-15-3-6-17-18(11-15)31-10-9-30-17/h1-8,11H,9-10,12-13H2,(H,26,28)(H,27,29). The molecule has 2 amide bonds. The van der Waals surface area contributed by atoms with Crippen molar-refractivity contribution in [2.24, 2.45) is 0 Å². The topological polar surface area (TPSA) is 102 Å². The van der Waals surface area contributed by atoms with E-state index in [2.05, 4.69) is 20.6 Å². The van der Waals surface area contributed by atoms with E-state index < -0.39 is 11.8 Å². The molecule has 0 radical (unpaired) electrons. The van der Waals surface area contributed by atoms with Crippen LogP contribution in [-0.2, 0) is 13.1 Å². The fourth-order valence-corrected chi connectivity index (χ4v) is 3.00. The van der Waals surface area contributed by atoms with Crippen molar-refractivity contribution >= 4 is 11.8 Å². The van der Waals surface area contributed by atoms with Crippen LogP contribution < -0.4 is 20.1 Å². The Hall–Kier alpha value is -4.01. The minimum Gasteiger partial charge on any atom is -0.486 e. The number of carbonyl (C=O) groups is 2. The number of aromatic nitrogens is 2. The summed E-state index contributed by atoms with van der Waals surface area (Å²) in [7, 11) is 0. The Morgan fingerprint density at radius 1 is 0.806 bits per heavy atom. The Bertz CT molecular complexity index is 1100. The van der Waals surface area contributed by atoms with Gasteiger partial charge in [0.15, 0.2) is 22.9 Å². The molecule has 0 fully saturated rings. The molecule has 2 aromatic carbocycles. The van der Waals surface area contributed by atoms with Gasteiger partial charge >= 0.3 is 0 Å². The van der Waals surface area contributed by atoms with Crippen molar-refractivity contribution in [1.82, 2.24) is 20.6 Å². The van der Waals surface area contributed by atoms with E-state index in [-0.39, 0.29) is 30.3 Å². The number of fused-ring (bicyclic) bond motifs is 1. The lowest BCUT2D eigenvalue weighted by Gasteiger charge is -2.19. The van der Waals surface area contributed by atoms with Crippen LogP contribution in [0.15, 0.2) is 54.9 Å². The van der Waals surface area contributed by atoms with Gasteiger partial charge in [-0.3, -0.25) is 9.59 Å². The number of nitrogens with one attached hydrogen (secondary N) is 2. The van der Waals surface area contributed by atoms with Gasteiger partial charge in [0.1, 0.15) is 19.0 Å². The normalized spacial score (nSPS) is 12.2. The van der Waals surface area contributed by atoms with Crippen molar-refractivity contribution in [1.29, 1.82) is 0 Å². The average molecular weight is 422 g/mol. The highest BCUT2D eigenvalue weighted by Crippen LogP contribution is 2.30. The molecule has 0 spiro atoms. The van der Waals surface area contributed by atoms with Crippen LogP contribution in [0.3, 0.4) is 0 Å². The summed E-state index contributed by atoms with van der Waals surface area (Å²) in [6.07, 6.45) is 2.68. The third kappa shape index (κ3) is 4.95. The lowest BCUT2D eigenvalue weighted by atomic mass is 10.2. The second-order valence-corrected chi connectivity index (χ2v) is 6.72. The first-order valence-electron chi connectivity index (χ1n) is 9.60. The lowest BCUT2D eigenvalue weighted by molar-refractivity contribution is 0.0908. The number of benzene rings is 2. The molecule has 2 N–H and O–H groups in total. The van der Waals surface area contributed by atoms with Crippen LogP contribution in [0.1, 0.15) is 32.1 Å². The number of rotatable bonds is 6. The highest BCUT2D eigenvalue weighted by Gasteiger charge is 2.20. The minimum atomic E-state index is -0.554. The summed E-state index contributed by atoms with van der Waals surface area (Å²) in [4.78, 5) is 33.2. The number of halogens is 1. The van der Waals surface area contributed by atoms with Gasteiger partial charge in [-0.1, -0.05) is 18.2 Å². The molecule has 3 aromatic rings. The molecule has 1 aliphatic heterocycles. The zero-order valence-corrected chi connectivity index (χ0v) is 16.4. The van der Waals surface area contributed by atoms with Gasteiger partial charge in [-0.05, 0) is 35.4 Å². The molecule has 0 saturated heterocycles. The third-order valence-electron chi connectivity index (χ3n) is 4.55.